The van der Waals surface area contributed by atoms with E-state index < -0.39 is 0 Å². The molecule has 0 aliphatic rings. The van der Waals surface area contributed by atoms with Crippen molar-refractivity contribution in [3.8, 4) is 6.07 Å². The molecular weight excluding hydrogens is 88.1 g/mol. The van der Waals surface area contributed by atoms with Gasteiger partial charge in [-0.3, -0.25) is 0 Å². The van der Waals surface area contributed by atoms with Gasteiger partial charge in [-0.2, -0.15) is 5.26 Å². The summed E-state index contributed by atoms with van der Waals surface area (Å²) in [6.45, 7) is 3.65. The first-order valence-corrected chi connectivity index (χ1v) is 2.22. The first kappa shape index (κ1) is 6.45. The topological polar surface area (TPSA) is 35.8 Å². The van der Waals surface area contributed by atoms with Crippen molar-refractivity contribution in [2.24, 2.45) is 0 Å². The van der Waals surface area contributed by atoms with Crippen molar-refractivity contribution in [3.05, 3.63) is 0 Å². The van der Waals surface area contributed by atoms with Crippen LogP contribution >= 0.6 is 0 Å². The van der Waals surface area contributed by atoms with E-state index in [0.29, 0.717) is 0 Å². The van der Waals surface area contributed by atoms with Crippen LogP contribution in [0.15, 0.2) is 0 Å². The van der Waals surface area contributed by atoms with Gasteiger partial charge in [-0.05, 0) is 20.9 Å². The van der Waals surface area contributed by atoms with Gasteiger partial charge in [0.15, 0.2) is 0 Å². The van der Waals surface area contributed by atoms with Crippen molar-refractivity contribution in [2.75, 3.05) is 7.05 Å². The number of rotatable bonds is 1. The Hall–Kier alpha value is -0.550. The minimum absolute atomic E-state index is 0.361. The smallest absolute Gasteiger partial charge is 0.100 e. The lowest BCUT2D eigenvalue weighted by molar-refractivity contribution is 0.541. The molecule has 0 bridgehead atoms. The zero-order chi connectivity index (χ0) is 5.91. The summed E-state index contributed by atoms with van der Waals surface area (Å²) in [4.78, 5) is 0. The molecule has 0 fully saturated rings. The van der Waals surface area contributed by atoms with Crippen molar-refractivity contribution in [2.45, 2.75) is 19.4 Å². The average molecular weight is 98.1 g/mol. The Morgan fingerprint density at radius 1 is 1.57 bits per heavy atom. The molecule has 2 nitrogen and oxygen atoms in total. The summed E-state index contributed by atoms with van der Waals surface area (Å²) in [5.74, 6) is 0. The van der Waals surface area contributed by atoms with Gasteiger partial charge in [-0.15, -0.1) is 0 Å². The van der Waals surface area contributed by atoms with Crippen molar-refractivity contribution in [1.82, 2.24) is 5.32 Å². The third kappa shape index (κ3) is 2.18. The molecule has 0 aromatic rings. The van der Waals surface area contributed by atoms with E-state index in [-0.39, 0.29) is 5.54 Å². The lowest BCUT2D eigenvalue weighted by Crippen LogP contribution is -2.33. The van der Waals surface area contributed by atoms with Crippen molar-refractivity contribution >= 4 is 0 Å². The molecule has 40 valence electrons. The predicted molar refractivity (Wildman–Crippen MR) is 28.8 cm³/mol. The van der Waals surface area contributed by atoms with Gasteiger partial charge in [0.25, 0.3) is 0 Å². The highest BCUT2D eigenvalue weighted by Crippen LogP contribution is 1.94. The second kappa shape index (κ2) is 1.94. The Balaban J connectivity index is 3.66. The molecule has 0 saturated carbocycles. The summed E-state index contributed by atoms with van der Waals surface area (Å²) in [6.07, 6.45) is 0. The molecule has 0 rings (SSSR count). The molecule has 2 heteroatoms. The first-order chi connectivity index (χ1) is 3.12. The van der Waals surface area contributed by atoms with Crippen LogP contribution in [0.1, 0.15) is 13.8 Å². The minimum atomic E-state index is -0.361. The van der Waals surface area contributed by atoms with Crippen molar-refractivity contribution < 1.29 is 0 Å². The van der Waals surface area contributed by atoms with E-state index in [1.54, 1.807) is 7.05 Å². The Labute approximate surface area is 44.1 Å². The Morgan fingerprint density at radius 3 is 2.00 bits per heavy atom. The monoisotopic (exact) mass is 98.1 g/mol. The minimum Gasteiger partial charge on any atom is -0.303 e. The van der Waals surface area contributed by atoms with E-state index in [4.69, 9.17) is 5.26 Å². The Bertz CT molecular complexity index is 88.7. The molecule has 0 atom stereocenters. The standard InChI is InChI=1S/C5H10N2/c1-5(2,4-6)7-3/h7H,1-3H3. The molecule has 0 aliphatic carbocycles. The molecule has 0 radical (unpaired) electrons. The first-order valence-electron chi connectivity index (χ1n) is 2.22. The zero-order valence-electron chi connectivity index (χ0n) is 4.95. The summed E-state index contributed by atoms with van der Waals surface area (Å²) in [5.41, 5.74) is -0.361. The molecule has 0 spiro atoms. The fourth-order valence-corrected chi connectivity index (χ4v) is 0.0559. The van der Waals surface area contributed by atoms with E-state index in [0.717, 1.165) is 0 Å². The molecule has 0 unspecified atom stereocenters. The van der Waals surface area contributed by atoms with Gasteiger partial charge in [0.2, 0.25) is 0 Å². The van der Waals surface area contributed by atoms with Crippen LogP contribution in [-0.2, 0) is 0 Å². The molecule has 1 N–H and O–H groups in total. The van der Waals surface area contributed by atoms with Gasteiger partial charge in [0, 0.05) is 0 Å². The van der Waals surface area contributed by atoms with Gasteiger partial charge < -0.3 is 5.32 Å². The Morgan fingerprint density at radius 2 is 2.00 bits per heavy atom. The number of hydrogen-bond acceptors (Lipinski definition) is 2. The van der Waals surface area contributed by atoms with Crippen LogP contribution in [0.5, 0.6) is 0 Å². The number of nitrogens with zero attached hydrogens (tertiary/aromatic N) is 1. The molecule has 7 heavy (non-hydrogen) atoms. The predicted octanol–water partition coefficient (Wildman–Crippen LogP) is 0.508. The van der Waals surface area contributed by atoms with Gasteiger partial charge in [0.1, 0.15) is 5.54 Å². The third-order valence-corrected chi connectivity index (χ3v) is 0.905. The van der Waals surface area contributed by atoms with Crippen LogP contribution in [0, 0.1) is 11.3 Å². The van der Waals surface area contributed by atoms with Gasteiger partial charge >= 0.3 is 0 Å². The van der Waals surface area contributed by atoms with Crippen LogP contribution < -0.4 is 5.32 Å². The maximum atomic E-state index is 8.28. The lowest BCUT2D eigenvalue weighted by atomic mass is 10.1. The average Bonchev–Trinajstić information content (AvgIpc) is 1.68. The summed E-state index contributed by atoms with van der Waals surface area (Å²) < 4.78 is 0. The summed E-state index contributed by atoms with van der Waals surface area (Å²) in [6, 6.07) is 2.08. The highest BCUT2D eigenvalue weighted by atomic mass is 14.9. The Kier molecular flexibility index (Phi) is 1.79. The van der Waals surface area contributed by atoms with Crippen LogP contribution in [0.25, 0.3) is 0 Å². The largest absolute Gasteiger partial charge is 0.303 e. The normalized spacial score (nSPS) is 10.6. The van der Waals surface area contributed by atoms with Gasteiger partial charge in [-0.25, -0.2) is 0 Å². The van der Waals surface area contributed by atoms with E-state index >= 15 is 0 Å². The molecule has 0 aromatic carbocycles. The fourth-order valence-electron chi connectivity index (χ4n) is 0.0559. The fraction of sp³-hybridized carbons (Fsp3) is 0.800. The van der Waals surface area contributed by atoms with Crippen LogP contribution in [-0.4, -0.2) is 12.6 Å². The number of hydrogen-bond donors (Lipinski definition) is 1. The van der Waals surface area contributed by atoms with Crippen molar-refractivity contribution in [3.63, 3.8) is 0 Å². The maximum absolute atomic E-state index is 8.28. The van der Waals surface area contributed by atoms with E-state index in [2.05, 4.69) is 11.4 Å². The number of nitriles is 1. The SMILES string of the molecule is CNC(C)(C)C#N. The molecule has 0 aliphatic heterocycles. The van der Waals surface area contributed by atoms with E-state index in [1.165, 1.54) is 0 Å². The summed E-state index contributed by atoms with van der Waals surface area (Å²) in [5, 5.41) is 11.1. The van der Waals surface area contributed by atoms with Crippen LogP contribution in [0.2, 0.25) is 0 Å². The molecular formula is C5H10N2. The highest BCUT2D eigenvalue weighted by Gasteiger charge is 2.10. The molecule has 0 aromatic heterocycles. The van der Waals surface area contributed by atoms with Gasteiger partial charge in [-0.1, -0.05) is 0 Å². The molecule has 0 amide bonds. The molecule has 0 heterocycles. The highest BCUT2D eigenvalue weighted by molar-refractivity contribution is 4.98. The van der Waals surface area contributed by atoms with E-state index in [1.807, 2.05) is 13.8 Å². The van der Waals surface area contributed by atoms with Crippen molar-refractivity contribution in [1.29, 1.82) is 5.26 Å². The summed E-state index contributed by atoms with van der Waals surface area (Å²) in [7, 11) is 1.77. The maximum Gasteiger partial charge on any atom is 0.100 e. The quantitative estimate of drug-likeness (QED) is 0.518. The van der Waals surface area contributed by atoms with Gasteiger partial charge in [0.05, 0.1) is 6.07 Å². The zero-order valence-corrected chi connectivity index (χ0v) is 4.95. The van der Waals surface area contributed by atoms with Crippen LogP contribution in [0.3, 0.4) is 0 Å². The lowest BCUT2D eigenvalue weighted by Gasteiger charge is -2.11. The number of nitrogens with one attached hydrogen (secondary N) is 1. The second-order valence-electron chi connectivity index (χ2n) is 1.99. The third-order valence-electron chi connectivity index (χ3n) is 0.905. The summed E-state index contributed by atoms with van der Waals surface area (Å²) >= 11 is 0. The second-order valence-corrected chi connectivity index (χ2v) is 1.99. The van der Waals surface area contributed by atoms with E-state index in [9.17, 15) is 0 Å². The van der Waals surface area contributed by atoms with Crippen LogP contribution in [0.4, 0.5) is 0 Å². The molecule has 0 saturated heterocycles.